The van der Waals surface area contributed by atoms with E-state index in [0.29, 0.717) is 18.5 Å². The summed E-state index contributed by atoms with van der Waals surface area (Å²) < 4.78 is 13.4. The van der Waals surface area contributed by atoms with Crippen LogP contribution in [-0.2, 0) is 6.54 Å². The lowest BCUT2D eigenvalue weighted by atomic mass is 9.94. The first kappa shape index (κ1) is 15.5. The van der Waals surface area contributed by atoms with Gasteiger partial charge in [0.15, 0.2) is 0 Å². The highest BCUT2D eigenvalue weighted by Gasteiger charge is 2.21. The van der Waals surface area contributed by atoms with Crippen molar-refractivity contribution in [2.45, 2.75) is 38.8 Å². The maximum absolute atomic E-state index is 13.4. The molecule has 0 aliphatic carbocycles. The third-order valence-electron chi connectivity index (χ3n) is 3.37. The molecule has 0 amide bonds. The molecule has 19 heavy (non-hydrogen) atoms. The molecule has 0 aliphatic rings. The van der Waals surface area contributed by atoms with Crippen LogP contribution in [-0.4, -0.2) is 22.2 Å². The van der Waals surface area contributed by atoms with Crippen LogP contribution in [0.2, 0.25) is 0 Å². The van der Waals surface area contributed by atoms with Gasteiger partial charge in [-0.15, -0.1) is 0 Å². The molecule has 0 bridgehead atoms. The fourth-order valence-electron chi connectivity index (χ4n) is 1.76. The van der Waals surface area contributed by atoms with Gasteiger partial charge in [0.05, 0.1) is 4.92 Å². The Bertz CT molecular complexity index is 454. The molecule has 6 heteroatoms. The van der Waals surface area contributed by atoms with Crippen LogP contribution in [0.5, 0.6) is 0 Å². The van der Waals surface area contributed by atoms with E-state index >= 15 is 0 Å². The van der Waals surface area contributed by atoms with Crippen molar-refractivity contribution in [1.29, 1.82) is 0 Å². The molecule has 0 spiro atoms. The standard InChI is InChI=1S/C13H19FN2O3/c1-3-13(2,6-7-17)15-9-10-4-5-12(16(18)19)11(14)8-10/h4-5,8,15,17H,3,6-7,9H2,1-2H3. The highest BCUT2D eigenvalue weighted by molar-refractivity contribution is 5.35. The highest BCUT2D eigenvalue weighted by atomic mass is 19.1. The lowest BCUT2D eigenvalue weighted by Crippen LogP contribution is -2.42. The molecule has 1 aromatic rings. The second kappa shape index (κ2) is 6.58. The van der Waals surface area contributed by atoms with Gasteiger partial charge in [-0.2, -0.15) is 4.39 Å². The maximum atomic E-state index is 13.4. The first-order valence-electron chi connectivity index (χ1n) is 6.20. The minimum absolute atomic E-state index is 0.0754. The van der Waals surface area contributed by atoms with Crippen LogP contribution in [0, 0.1) is 15.9 Å². The van der Waals surface area contributed by atoms with E-state index in [1.807, 2.05) is 13.8 Å². The Morgan fingerprint density at radius 3 is 2.68 bits per heavy atom. The molecular formula is C13H19FN2O3. The second-order valence-corrected chi connectivity index (χ2v) is 4.78. The molecule has 1 rings (SSSR count). The van der Waals surface area contributed by atoms with Crippen LogP contribution in [0.15, 0.2) is 18.2 Å². The molecule has 2 N–H and O–H groups in total. The van der Waals surface area contributed by atoms with Gasteiger partial charge in [0.2, 0.25) is 5.82 Å². The van der Waals surface area contributed by atoms with Crippen molar-refractivity contribution in [1.82, 2.24) is 5.32 Å². The Morgan fingerprint density at radius 1 is 1.53 bits per heavy atom. The van der Waals surface area contributed by atoms with Gasteiger partial charge in [0.25, 0.3) is 0 Å². The number of rotatable bonds is 7. The first-order valence-corrected chi connectivity index (χ1v) is 6.20. The molecule has 0 saturated heterocycles. The van der Waals surface area contributed by atoms with Gasteiger partial charge in [0, 0.05) is 24.8 Å². The van der Waals surface area contributed by atoms with Crippen LogP contribution < -0.4 is 5.32 Å². The molecule has 0 fully saturated rings. The average molecular weight is 270 g/mol. The number of nitro benzene ring substituents is 1. The number of nitrogens with one attached hydrogen (secondary N) is 1. The number of benzene rings is 1. The topological polar surface area (TPSA) is 75.4 Å². The Morgan fingerprint density at radius 2 is 2.21 bits per heavy atom. The lowest BCUT2D eigenvalue weighted by molar-refractivity contribution is -0.387. The summed E-state index contributed by atoms with van der Waals surface area (Å²) in [4.78, 5) is 9.76. The quantitative estimate of drug-likeness (QED) is 0.589. The van der Waals surface area contributed by atoms with Crippen LogP contribution in [0.4, 0.5) is 10.1 Å². The summed E-state index contributed by atoms with van der Waals surface area (Å²) in [6.45, 7) is 4.45. The van der Waals surface area contributed by atoms with Crippen LogP contribution in [0.1, 0.15) is 32.3 Å². The van der Waals surface area contributed by atoms with E-state index in [4.69, 9.17) is 5.11 Å². The highest BCUT2D eigenvalue weighted by Crippen LogP contribution is 2.19. The van der Waals surface area contributed by atoms with Crippen LogP contribution in [0.3, 0.4) is 0 Å². The molecule has 0 saturated carbocycles. The van der Waals surface area contributed by atoms with Crippen molar-refractivity contribution < 1.29 is 14.4 Å². The number of aliphatic hydroxyl groups excluding tert-OH is 1. The summed E-state index contributed by atoms with van der Waals surface area (Å²) in [7, 11) is 0. The molecule has 106 valence electrons. The summed E-state index contributed by atoms with van der Waals surface area (Å²) >= 11 is 0. The smallest absolute Gasteiger partial charge is 0.304 e. The van der Waals surface area contributed by atoms with E-state index in [0.717, 1.165) is 6.42 Å². The summed E-state index contributed by atoms with van der Waals surface area (Å²) in [5, 5.41) is 22.7. The van der Waals surface area contributed by atoms with Crippen molar-refractivity contribution in [3.05, 3.63) is 39.7 Å². The van der Waals surface area contributed by atoms with E-state index < -0.39 is 16.4 Å². The van der Waals surface area contributed by atoms with Gasteiger partial charge < -0.3 is 10.4 Å². The molecule has 0 radical (unpaired) electrons. The molecule has 0 aliphatic heterocycles. The summed E-state index contributed by atoms with van der Waals surface area (Å²) in [6.07, 6.45) is 1.42. The SMILES string of the molecule is CCC(C)(CCO)NCc1ccc([N+](=O)[O-])c(F)c1. The van der Waals surface area contributed by atoms with Gasteiger partial charge in [-0.05, 0) is 31.4 Å². The zero-order valence-electron chi connectivity index (χ0n) is 11.1. The predicted octanol–water partition coefficient (Wildman–Crippen LogP) is 2.37. The summed E-state index contributed by atoms with van der Waals surface area (Å²) in [6, 6.07) is 3.87. The largest absolute Gasteiger partial charge is 0.396 e. The van der Waals surface area contributed by atoms with Gasteiger partial charge in [-0.3, -0.25) is 10.1 Å². The summed E-state index contributed by atoms with van der Waals surface area (Å²) in [5.74, 6) is -0.829. The lowest BCUT2D eigenvalue weighted by Gasteiger charge is -2.29. The number of hydrogen-bond acceptors (Lipinski definition) is 4. The molecular weight excluding hydrogens is 251 g/mol. The number of aliphatic hydroxyl groups is 1. The maximum Gasteiger partial charge on any atom is 0.304 e. The first-order chi connectivity index (χ1) is 8.91. The van der Waals surface area contributed by atoms with Gasteiger partial charge in [-0.1, -0.05) is 13.0 Å². The van der Waals surface area contributed by atoms with E-state index in [9.17, 15) is 14.5 Å². The van der Waals surface area contributed by atoms with E-state index in [1.54, 1.807) is 0 Å². The van der Waals surface area contributed by atoms with Crippen molar-refractivity contribution in [2.24, 2.45) is 0 Å². The average Bonchev–Trinajstić information content (AvgIpc) is 2.36. The van der Waals surface area contributed by atoms with Crippen molar-refractivity contribution in [2.75, 3.05) is 6.61 Å². The second-order valence-electron chi connectivity index (χ2n) is 4.78. The van der Waals surface area contributed by atoms with E-state index in [-0.39, 0.29) is 12.1 Å². The van der Waals surface area contributed by atoms with Crippen molar-refractivity contribution in [3.8, 4) is 0 Å². The Kier molecular flexibility index (Phi) is 5.38. The molecule has 0 aromatic heterocycles. The van der Waals surface area contributed by atoms with Gasteiger partial charge in [0.1, 0.15) is 0 Å². The Labute approximate surface area is 111 Å². The number of nitro groups is 1. The molecule has 1 atom stereocenters. The number of halogens is 1. The molecule has 1 aromatic carbocycles. The van der Waals surface area contributed by atoms with E-state index in [1.165, 1.54) is 18.2 Å². The zero-order valence-corrected chi connectivity index (χ0v) is 11.1. The fourth-order valence-corrected chi connectivity index (χ4v) is 1.76. The van der Waals surface area contributed by atoms with Crippen LogP contribution in [0.25, 0.3) is 0 Å². The molecule has 5 nitrogen and oxygen atoms in total. The third-order valence-corrected chi connectivity index (χ3v) is 3.37. The van der Waals surface area contributed by atoms with E-state index in [2.05, 4.69) is 5.32 Å². The Balaban J connectivity index is 2.73. The fraction of sp³-hybridized carbons (Fsp3) is 0.538. The Hall–Kier alpha value is -1.53. The number of hydrogen-bond donors (Lipinski definition) is 2. The molecule has 1 unspecified atom stereocenters. The molecule has 0 heterocycles. The normalized spacial score (nSPS) is 14.1. The van der Waals surface area contributed by atoms with Gasteiger partial charge in [-0.25, -0.2) is 0 Å². The monoisotopic (exact) mass is 270 g/mol. The van der Waals surface area contributed by atoms with Crippen molar-refractivity contribution in [3.63, 3.8) is 0 Å². The minimum atomic E-state index is -0.829. The minimum Gasteiger partial charge on any atom is -0.396 e. The third kappa shape index (κ3) is 4.25. The van der Waals surface area contributed by atoms with Crippen molar-refractivity contribution >= 4 is 5.69 Å². The van der Waals surface area contributed by atoms with Crippen LogP contribution >= 0.6 is 0 Å². The summed E-state index contributed by atoms with van der Waals surface area (Å²) in [5.41, 5.74) is -0.106. The zero-order chi connectivity index (χ0) is 14.5. The predicted molar refractivity (Wildman–Crippen MR) is 70.3 cm³/mol. The number of nitrogens with zero attached hydrogens (tertiary/aromatic N) is 1. The van der Waals surface area contributed by atoms with Gasteiger partial charge >= 0.3 is 5.69 Å².